The lowest BCUT2D eigenvalue weighted by atomic mass is 10.2. The second-order valence-corrected chi connectivity index (χ2v) is 6.86. The number of halogens is 2. The molecule has 2 aromatic rings. The van der Waals surface area contributed by atoms with Crippen LogP contribution in [0.15, 0.2) is 47.4 Å². The molecule has 2 N–H and O–H groups in total. The van der Waals surface area contributed by atoms with Gasteiger partial charge >= 0.3 is 0 Å². The number of amides is 1. The summed E-state index contributed by atoms with van der Waals surface area (Å²) >= 11 is 11.7. The summed E-state index contributed by atoms with van der Waals surface area (Å²) in [6, 6.07) is 9.98. The Bertz CT molecular complexity index is 805. The SMILES string of the molecule is CNC(=O)c1ccc(S(=O)(=O)Nc2ccc(Cl)cc2Cl)cc1. The van der Waals surface area contributed by atoms with E-state index in [1.165, 1.54) is 49.5 Å². The minimum atomic E-state index is -3.81. The van der Waals surface area contributed by atoms with Gasteiger partial charge in [-0.15, -0.1) is 0 Å². The predicted octanol–water partition coefficient (Wildman–Crippen LogP) is 3.15. The van der Waals surface area contributed by atoms with Crippen molar-refractivity contribution in [3.8, 4) is 0 Å². The van der Waals surface area contributed by atoms with Crippen LogP contribution in [0.2, 0.25) is 10.0 Å². The molecule has 0 saturated carbocycles. The summed E-state index contributed by atoms with van der Waals surface area (Å²) < 4.78 is 26.9. The highest BCUT2D eigenvalue weighted by atomic mass is 35.5. The summed E-state index contributed by atoms with van der Waals surface area (Å²) in [5.74, 6) is -0.294. The van der Waals surface area contributed by atoms with Crippen molar-refractivity contribution < 1.29 is 13.2 Å². The van der Waals surface area contributed by atoms with Crippen molar-refractivity contribution in [1.82, 2.24) is 5.32 Å². The van der Waals surface area contributed by atoms with Gasteiger partial charge in [0.15, 0.2) is 0 Å². The van der Waals surface area contributed by atoms with Crippen LogP contribution in [0.3, 0.4) is 0 Å². The van der Waals surface area contributed by atoms with Crippen molar-refractivity contribution >= 4 is 44.8 Å². The molecule has 0 aliphatic heterocycles. The Morgan fingerprint density at radius 3 is 2.23 bits per heavy atom. The van der Waals surface area contributed by atoms with Gasteiger partial charge in [0.05, 0.1) is 15.6 Å². The third-order valence-electron chi connectivity index (χ3n) is 2.83. The lowest BCUT2D eigenvalue weighted by Gasteiger charge is -2.10. The molecule has 22 heavy (non-hydrogen) atoms. The van der Waals surface area contributed by atoms with Crippen molar-refractivity contribution in [1.29, 1.82) is 0 Å². The molecule has 8 heteroatoms. The Morgan fingerprint density at radius 1 is 1.05 bits per heavy atom. The Morgan fingerprint density at radius 2 is 1.68 bits per heavy atom. The average Bonchev–Trinajstić information content (AvgIpc) is 2.49. The van der Waals surface area contributed by atoms with Gasteiger partial charge in [-0.2, -0.15) is 0 Å². The number of hydrogen-bond acceptors (Lipinski definition) is 3. The van der Waals surface area contributed by atoms with E-state index in [0.717, 1.165) is 0 Å². The molecule has 2 aromatic carbocycles. The molecule has 0 aliphatic rings. The van der Waals surface area contributed by atoms with Gasteiger partial charge in [-0.1, -0.05) is 23.2 Å². The highest BCUT2D eigenvalue weighted by molar-refractivity contribution is 7.92. The summed E-state index contributed by atoms with van der Waals surface area (Å²) in [6.07, 6.45) is 0. The van der Waals surface area contributed by atoms with Crippen molar-refractivity contribution in [2.24, 2.45) is 0 Å². The van der Waals surface area contributed by atoms with E-state index in [2.05, 4.69) is 10.0 Å². The summed E-state index contributed by atoms with van der Waals surface area (Å²) in [7, 11) is -2.31. The van der Waals surface area contributed by atoms with E-state index >= 15 is 0 Å². The van der Waals surface area contributed by atoms with Crippen LogP contribution >= 0.6 is 23.2 Å². The second kappa shape index (κ2) is 6.56. The van der Waals surface area contributed by atoms with E-state index in [0.29, 0.717) is 10.6 Å². The second-order valence-electron chi connectivity index (χ2n) is 4.33. The standard InChI is InChI=1S/C14H12Cl2N2O3S/c1-17-14(19)9-2-5-11(6-3-9)22(20,21)18-13-7-4-10(15)8-12(13)16/h2-8,18H,1H3,(H,17,19). The minimum absolute atomic E-state index is 0.0196. The first-order valence-corrected chi connectivity index (χ1v) is 8.37. The van der Waals surface area contributed by atoms with Crippen LogP contribution in [0, 0.1) is 0 Å². The molecular weight excluding hydrogens is 347 g/mol. The van der Waals surface area contributed by atoms with Gasteiger partial charge in [0.25, 0.3) is 15.9 Å². The van der Waals surface area contributed by atoms with Crippen LogP contribution in [-0.2, 0) is 10.0 Å². The zero-order valence-electron chi connectivity index (χ0n) is 11.4. The zero-order chi connectivity index (χ0) is 16.3. The van der Waals surface area contributed by atoms with Gasteiger partial charge in [-0.3, -0.25) is 9.52 Å². The van der Waals surface area contributed by atoms with E-state index < -0.39 is 10.0 Å². The molecule has 0 spiro atoms. The predicted molar refractivity (Wildman–Crippen MR) is 87.1 cm³/mol. The molecule has 0 heterocycles. The van der Waals surface area contributed by atoms with Crippen LogP contribution in [0.1, 0.15) is 10.4 Å². The fourth-order valence-electron chi connectivity index (χ4n) is 1.71. The number of nitrogens with one attached hydrogen (secondary N) is 2. The van der Waals surface area contributed by atoms with Crippen LogP contribution < -0.4 is 10.0 Å². The number of sulfonamides is 1. The molecule has 0 saturated heterocycles. The first-order valence-electron chi connectivity index (χ1n) is 6.13. The fraction of sp³-hybridized carbons (Fsp3) is 0.0714. The minimum Gasteiger partial charge on any atom is -0.355 e. The molecule has 2 rings (SSSR count). The van der Waals surface area contributed by atoms with Gasteiger partial charge in [0, 0.05) is 17.6 Å². The fourth-order valence-corrected chi connectivity index (χ4v) is 3.30. The first kappa shape index (κ1) is 16.6. The quantitative estimate of drug-likeness (QED) is 0.881. The highest BCUT2D eigenvalue weighted by Crippen LogP contribution is 2.27. The number of carbonyl (C=O) groups is 1. The molecular formula is C14H12Cl2N2O3S. The van der Waals surface area contributed by atoms with E-state index in [4.69, 9.17) is 23.2 Å². The van der Waals surface area contributed by atoms with E-state index in [1.807, 2.05) is 0 Å². The summed E-state index contributed by atoms with van der Waals surface area (Å²) in [4.78, 5) is 11.5. The third-order valence-corrected chi connectivity index (χ3v) is 4.76. The maximum Gasteiger partial charge on any atom is 0.261 e. The molecule has 0 unspecified atom stereocenters. The van der Waals surface area contributed by atoms with E-state index in [1.54, 1.807) is 0 Å². The van der Waals surface area contributed by atoms with Gasteiger partial charge in [0.2, 0.25) is 0 Å². The Kier molecular flexibility index (Phi) is 4.95. The Hall–Kier alpha value is -1.76. The molecule has 0 bridgehead atoms. The van der Waals surface area contributed by atoms with E-state index in [-0.39, 0.29) is 21.5 Å². The summed E-state index contributed by atoms with van der Waals surface area (Å²) in [5, 5.41) is 3.06. The molecule has 1 amide bonds. The molecule has 0 aromatic heterocycles. The number of hydrogen-bond donors (Lipinski definition) is 2. The molecule has 5 nitrogen and oxygen atoms in total. The Balaban J connectivity index is 2.28. The van der Waals surface area contributed by atoms with Crippen LogP contribution in [0.25, 0.3) is 0 Å². The summed E-state index contributed by atoms with van der Waals surface area (Å²) in [6.45, 7) is 0. The highest BCUT2D eigenvalue weighted by Gasteiger charge is 2.16. The maximum absolute atomic E-state index is 12.3. The van der Waals surface area contributed by atoms with Crippen LogP contribution in [0.5, 0.6) is 0 Å². The van der Waals surface area contributed by atoms with Gasteiger partial charge in [0.1, 0.15) is 0 Å². The van der Waals surface area contributed by atoms with Gasteiger partial charge < -0.3 is 5.32 Å². The molecule has 0 radical (unpaired) electrons. The van der Waals surface area contributed by atoms with Crippen molar-refractivity contribution in [2.75, 3.05) is 11.8 Å². The molecule has 0 aliphatic carbocycles. The summed E-state index contributed by atoms with van der Waals surface area (Å²) in [5.41, 5.74) is 0.590. The number of anilines is 1. The number of carbonyl (C=O) groups excluding carboxylic acids is 1. The average molecular weight is 359 g/mol. The van der Waals surface area contributed by atoms with E-state index in [9.17, 15) is 13.2 Å². The van der Waals surface area contributed by atoms with Crippen LogP contribution in [0.4, 0.5) is 5.69 Å². The molecule has 0 fully saturated rings. The monoisotopic (exact) mass is 358 g/mol. The zero-order valence-corrected chi connectivity index (χ0v) is 13.8. The topological polar surface area (TPSA) is 75.3 Å². The lowest BCUT2D eigenvalue weighted by molar-refractivity contribution is 0.0963. The number of benzene rings is 2. The van der Waals surface area contributed by atoms with Gasteiger partial charge in [-0.25, -0.2) is 8.42 Å². The first-order chi connectivity index (χ1) is 10.3. The number of rotatable bonds is 4. The molecule has 116 valence electrons. The normalized spacial score (nSPS) is 11.0. The molecule has 0 atom stereocenters. The van der Waals surface area contributed by atoms with Gasteiger partial charge in [-0.05, 0) is 42.5 Å². The third kappa shape index (κ3) is 3.71. The maximum atomic E-state index is 12.3. The lowest BCUT2D eigenvalue weighted by Crippen LogP contribution is -2.18. The Labute approximate surface area is 138 Å². The van der Waals surface area contributed by atoms with Crippen molar-refractivity contribution in [3.63, 3.8) is 0 Å². The van der Waals surface area contributed by atoms with Crippen LogP contribution in [-0.4, -0.2) is 21.4 Å². The van der Waals surface area contributed by atoms with Crippen molar-refractivity contribution in [3.05, 3.63) is 58.1 Å². The smallest absolute Gasteiger partial charge is 0.261 e. The van der Waals surface area contributed by atoms with Crippen molar-refractivity contribution in [2.45, 2.75) is 4.90 Å². The largest absolute Gasteiger partial charge is 0.355 e.